The van der Waals surface area contributed by atoms with Crippen LogP contribution in [0.15, 0.2) is 24.3 Å². The average Bonchev–Trinajstić information content (AvgIpc) is 2.93. The molecule has 0 saturated heterocycles. The van der Waals surface area contributed by atoms with Crippen LogP contribution in [0.2, 0.25) is 0 Å². The summed E-state index contributed by atoms with van der Waals surface area (Å²) in [6.45, 7) is 11.9. The zero-order valence-electron chi connectivity index (χ0n) is 19.6. The van der Waals surface area contributed by atoms with Crippen molar-refractivity contribution >= 4 is 29.1 Å². The largest absolute Gasteiger partial charge is 0.451 e. The third-order valence-corrected chi connectivity index (χ3v) is 5.48. The summed E-state index contributed by atoms with van der Waals surface area (Å²) in [6.07, 6.45) is 0.969. The van der Waals surface area contributed by atoms with Crippen molar-refractivity contribution in [3.05, 3.63) is 52.3 Å². The van der Waals surface area contributed by atoms with Crippen LogP contribution >= 0.6 is 11.8 Å². The second-order valence-electron chi connectivity index (χ2n) is 8.43. The highest BCUT2D eigenvalue weighted by Crippen LogP contribution is 2.32. The zero-order chi connectivity index (χ0) is 23.3. The van der Waals surface area contributed by atoms with Gasteiger partial charge in [-0.1, -0.05) is 45.0 Å². The van der Waals surface area contributed by atoms with Crippen LogP contribution in [-0.2, 0) is 26.7 Å². The molecule has 1 atom stereocenters. The number of nitriles is 1. The van der Waals surface area contributed by atoms with E-state index in [2.05, 4.69) is 31.9 Å². The Hall–Kier alpha value is -2.72. The van der Waals surface area contributed by atoms with E-state index in [1.165, 1.54) is 17.3 Å². The lowest BCUT2D eigenvalue weighted by Gasteiger charge is -2.21. The van der Waals surface area contributed by atoms with Crippen LogP contribution in [0.4, 0.5) is 0 Å². The van der Waals surface area contributed by atoms with Gasteiger partial charge in [0, 0.05) is 19.5 Å². The molecule has 0 aliphatic heterocycles. The van der Waals surface area contributed by atoms with Gasteiger partial charge in [-0.25, -0.2) is 0 Å². The van der Waals surface area contributed by atoms with Crippen molar-refractivity contribution in [3.8, 4) is 6.07 Å². The molecule has 2 aromatic rings. The molecule has 0 spiro atoms. The molecule has 0 fully saturated rings. The number of allylic oxidation sites excluding steroid dienone is 1. The van der Waals surface area contributed by atoms with Gasteiger partial charge in [0.15, 0.2) is 5.76 Å². The lowest BCUT2D eigenvalue weighted by molar-refractivity contribution is -0.160. The quantitative estimate of drug-likeness (QED) is 0.261. The van der Waals surface area contributed by atoms with E-state index in [0.29, 0.717) is 17.0 Å². The molecule has 0 N–H and O–H groups in total. The molecule has 0 amide bonds. The molecular formula is C24H31N3O3S. The highest BCUT2D eigenvalue weighted by molar-refractivity contribution is 7.99. The number of aromatic nitrogens is 2. The zero-order valence-corrected chi connectivity index (χ0v) is 20.4. The number of hydrogen-bond donors (Lipinski definition) is 0. The predicted octanol–water partition coefficient (Wildman–Crippen LogP) is 5.00. The van der Waals surface area contributed by atoms with Gasteiger partial charge in [0.1, 0.15) is 17.3 Å². The highest BCUT2D eigenvalue weighted by Gasteiger charge is 2.24. The Bertz CT molecular complexity index is 1010. The van der Waals surface area contributed by atoms with Gasteiger partial charge in [-0.05, 0) is 36.6 Å². The minimum atomic E-state index is -0.860. The van der Waals surface area contributed by atoms with Crippen LogP contribution in [-0.4, -0.2) is 34.0 Å². The van der Waals surface area contributed by atoms with Gasteiger partial charge in [0.05, 0.1) is 11.4 Å². The van der Waals surface area contributed by atoms with E-state index < -0.39 is 6.29 Å². The Labute approximate surface area is 189 Å². The summed E-state index contributed by atoms with van der Waals surface area (Å²) in [5, 5.41) is 14.5. The molecule has 0 aliphatic carbocycles. The number of carbonyl (C=O) groups is 1. The minimum Gasteiger partial charge on any atom is -0.451 e. The van der Waals surface area contributed by atoms with Crippen molar-refractivity contribution in [1.29, 1.82) is 5.26 Å². The molecule has 0 aliphatic rings. The van der Waals surface area contributed by atoms with Gasteiger partial charge in [0.2, 0.25) is 6.29 Å². The normalized spacial score (nSPS) is 13.3. The van der Waals surface area contributed by atoms with Crippen molar-refractivity contribution in [2.75, 3.05) is 12.0 Å². The van der Waals surface area contributed by atoms with Crippen LogP contribution < -0.4 is 0 Å². The third kappa shape index (κ3) is 5.92. The summed E-state index contributed by atoms with van der Waals surface area (Å²) >= 11 is 1.38. The second kappa shape index (κ2) is 10.1. The number of hydrogen-bond acceptors (Lipinski definition) is 6. The molecule has 31 heavy (non-hydrogen) atoms. The van der Waals surface area contributed by atoms with Crippen molar-refractivity contribution in [3.63, 3.8) is 0 Å². The van der Waals surface area contributed by atoms with E-state index in [1.807, 2.05) is 44.4 Å². The van der Waals surface area contributed by atoms with Gasteiger partial charge in [-0.3, -0.25) is 9.48 Å². The molecule has 0 radical (unpaired) electrons. The first-order valence-corrected chi connectivity index (χ1v) is 11.5. The summed E-state index contributed by atoms with van der Waals surface area (Å²) in [4.78, 5) is 11.9. The number of nitrogens with zero attached hydrogens (tertiary/aromatic N) is 3. The molecule has 6 nitrogen and oxygen atoms in total. The van der Waals surface area contributed by atoms with Crippen molar-refractivity contribution in [2.24, 2.45) is 7.05 Å². The third-order valence-electron chi connectivity index (χ3n) is 4.96. The van der Waals surface area contributed by atoms with E-state index in [1.54, 1.807) is 18.7 Å². The summed E-state index contributed by atoms with van der Waals surface area (Å²) in [5.74, 6) is 0.206. The molecule has 0 saturated carbocycles. The van der Waals surface area contributed by atoms with E-state index >= 15 is 0 Å². The molecule has 1 heterocycles. The highest BCUT2D eigenvalue weighted by atomic mass is 32.2. The Morgan fingerprint density at radius 1 is 1.23 bits per heavy atom. The van der Waals surface area contributed by atoms with Crippen LogP contribution in [0.25, 0.3) is 11.3 Å². The maximum atomic E-state index is 11.9. The molecule has 1 aromatic carbocycles. The monoisotopic (exact) mass is 441 g/mol. The molecule has 7 heteroatoms. The second-order valence-corrected chi connectivity index (χ2v) is 9.30. The van der Waals surface area contributed by atoms with Gasteiger partial charge < -0.3 is 9.47 Å². The fourth-order valence-electron chi connectivity index (χ4n) is 3.22. The van der Waals surface area contributed by atoms with Crippen LogP contribution in [0.3, 0.4) is 0 Å². The summed E-state index contributed by atoms with van der Waals surface area (Å²) in [7, 11) is 1.81. The smallest absolute Gasteiger partial charge is 0.318 e. The van der Waals surface area contributed by atoms with E-state index in [-0.39, 0.29) is 17.1 Å². The SMILES string of the molecule is CSCC(=O)OC(C)O/C(=C(/C#N)c1ccc(C(C)(C)C)cc1)c1c(C)c(C)nn1C. The number of thioether (sulfide) groups is 1. The maximum absolute atomic E-state index is 11.9. The summed E-state index contributed by atoms with van der Waals surface area (Å²) in [5.41, 5.74) is 4.69. The Morgan fingerprint density at radius 2 is 1.84 bits per heavy atom. The number of aryl methyl sites for hydroxylation is 2. The predicted molar refractivity (Wildman–Crippen MR) is 125 cm³/mol. The summed E-state index contributed by atoms with van der Waals surface area (Å²) < 4.78 is 13.1. The Kier molecular flexibility index (Phi) is 7.96. The number of rotatable bonds is 7. The number of benzene rings is 1. The van der Waals surface area contributed by atoms with Crippen molar-refractivity contribution in [1.82, 2.24) is 9.78 Å². The molecule has 2 rings (SSSR count). The van der Waals surface area contributed by atoms with Crippen molar-refractivity contribution in [2.45, 2.75) is 53.2 Å². The Balaban J connectivity index is 2.59. The molecule has 0 bridgehead atoms. The van der Waals surface area contributed by atoms with E-state index in [0.717, 1.165) is 16.8 Å². The first kappa shape index (κ1) is 24.5. The van der Waals surface area contributed by atoms with Gasteiger partial charge in [-0.2, -0.15) is 22.1 Å². The van der Waals surface area contributed by atoms with Crippen LogP contribution in [0.5, 0.6) is 0 Å². The number of ether oxygens (including phenoxy) is 2. The first-order valence-electron chi connectivity index (χ1n) is 10.1. The average molecular weight is 442 g/mol. The number of carbonyl (C=O) groups excluding carboxylic acids is 1. The first-order chi connectivity index (χ1) is 14.5. The fraction of sp³-hybridized carbons (Fsp3) is 0.458. The number of esters is 1. The lowest BCUT2D eigenvalue weighted by atomic mass is 9.86. The lowest BCUT2D eigenvalue weighted by Crippen LogP contribution is -2.20. The van der Waals surface area contributed by atoms with Gasteiger partial charge in [-0.15, -0.1) is 0 Å². The van der Waals surface area contributed by atoms with Gasteiger partial charge in [0.25, 0.3) is 0 Å². The minimum absolute atomic E-state index is 0.00409. The Morgan fingerprint density at radius 3 is 2.29 bits per heavy atom. The molecule has 1 unspecified atom stereocenters. The molecule has 1 aromatic heterocycles. The maximum Gasteiger partial charge on any atom is 0.318 e. The molecule has 166 valence electrons. The van der Waals surface area contributed by atoms with Crippen LogP contribution in [0.1, 0.15) is 55.8 Å². The van der Waals surface area contributed by atoms with Crippen LogP contribution in [0, 0.1) is 25.2 Å². The van der Waals surface area contributed by atoms with Crippen molar-refractivity contribution < 1.29 is 14.3 Å². The fourth-order valence-corrected chi connectivity index (χ4v) is 3.53. The topological polar surface area (TPSA) is 77.1 Å². The van der Waals surface area contributed by atoms with E-state index in [4.69, 9.17) is 9.47 Å². The standard InChI is InChI=1S/C24H31N3O3S/c1-15-16(2)26-27(7)22(15)23(30-17(3)29-21(28)14-31-8)20(13-25)18-9-11-19(12-10-18)24(4,5)6/h9-12,17H,14H2,1-8H3/b23-20-. The summed E-state index contributed by atoms with van der Waals surface area (Å²) in [6, 6.07) is 10.2. The van der Waals surface area contributed by atoms with E-state index in [9.17, 15) is 10.1 Å². The van der Waals surface area contributed by atoms with Gasteiger partial charge >= 0.3 is 5.97 Å². The molecular weight excluding hydrogens is 410 g/mol.